The van der Waals surface area contributed by atoms with Crippen molar-refractivity contribution in [3.63, 3.8) is 0 Å². The van der Waals surface area contributed by atoms with Gasteiger partial charge in [0, 0.05) is 28.9 Å². The highest BCUT2D eigenvalue weighted by atomic mass is 19.4. The Bertz CT molecular complexity index is 1710. The summed E-state index contributed by atoms with van der Waals surface area (Å²) in [5.74, 6) is -1.13. The van der Waals surface area contributed by atoms with Crippen LogP contribution in [0.25, 0.3) is 21.9 Å². The lowest BCUT2D eigenvalue weighted by atomic mass is 10.0. The highest BCUT2D eigenvalue weighted by Crippen LogP contribution is 2.30. The van der Waals surface area contributed by atoms with Gasteiger partial charge >= 0.3 is 6.36 Å². The fraction of sp³-hybridized carbons (Fsp3) is 0.107. The van der Waals surface area contributed by atoms with Crippen LogP contribution in [0.5, 0.6) is 5.75 Å². The van der Waals surface area contributed by atoms with Gasteiger partial charge in [0.15, 0.2) is 5.75 Å². The molecule has 0 spiro atoms. The van der Waals surface area contributed by atoms with E-state index in [1.807, 2.05) is 31.3 Å². The Morgan fingerprint density at radius 1 is 1.05 bits per heavy atom. The molecule has 192 valence electrons. The number of pyridine rings is 1. The van der Waals surface area contributed by atoms with Gasteiger partial charge in [-0.25, -0.2) is 0 Å². The number of halogens is 3. The summed E-state index contributed by atoms with van der Waals surface area (Å²) in [6, 6.07) is 19.3. The molecular weight excluding hydrogens is 497 g/mol. The molecule has 38 heavy (non-hydrogen) atoms. The van der Waals surface area contributed by atoms with Crippen molar-refractivity contribution in [3.05, 3.63) is 112 Å². The highest BCUT2D eigenvalue weighted by Gasteiger charge is 2.32. The van der Waals surface area contributed by atoms with Crippen molar-refractivity contribution >= 4 is 22.4 Å². The summed E-state index contributed by atoms with van der Waals surface area (Å²) < 4.78 is 43.6. The summed E-state index contributed by atoms with van der Waals surface area (Å²) in [5, 5.41) is 10.8. The second kappa shape index (κ2) is 9.89. The molecule has 5 rings (SSSR count). The van der Waals surface area contributed by atoms with Crippen LogP contribution in [0.1, 0.15) is 21.6 Å². The van der Waals surface area contributed by atoms with Crippen molar-refractivity contribution < 1.29 is 22.7 Å². The van der Waals surface area contributed by atoms with E-state index in [0.717, 1.165) is 28.3 Å². The van der Waals surface area contributed by atoms with Gasteiger partial charge in [-0.05, 0) is 65.9 Å². The molecule has 7 nitrogen and oxygen atoms in total. The van der Waals surface area contributed by atoms with E-state index in [1.54, 1.807) is 30.5 Å². The van der Waals surface area contributed by atoms with Crippen molar-refractivity contribution in [2.45, 2.75) is 19.8 Å². The minimum Gasteiger partial charge on any atom is -0.404 e. The molecular formula is C28H21F3N4O3. The number of hydrogen-bond donors (Lipinski definition) is 2. The Morgan fingerprint density at radius 2 is 1.87 bits per heavy atom. The third kappa shape index (κ3) is 5.29. The van der Waals surface area contributed by atoms with Crippen LogP contribution in [0, 0.1) is 6.92 Å². The third-order valence-corrected chi connectivity index (χ3v) is 6.02. The average Bonchev–Trinajstić information content (AvgIpc) is 3.32. The van der Waals surface area contributed by atoms with Gasteiger partial charge in [0.2, 0.25) is 0 Å². The maximum atomic E-state index is 13.2. The standard InChI is InChI=1S/C28H21F3N4O3/c1-17-23(15-32-34-17)19-9-10-22-20(14-19)11-12-35(27(22)37)16-18-5-4-6-21(13-18)26(36)33-24-7-2-3-8-25(24)38-28(29,30)31/h2-15H,16H2,1H3,(H,32,34)(H,33,36). The number of para-hydroxylation sites is 2. The van der Waals surface area contributed by atoms with Gasteiger partial charge in [0.05, 0.1) is 17.9 Å². The Balaban J connectivity index is 1.37. The van der Waals surface area contributed by atoms with Crippen LogP contribution in [0.4, 0.5) is 18.9 Å². The first-order chi connectivity index (χ1) is 18.2. The Hall–Kier alpha value is -4.86. The number of anilines is 1. The summed E-state index contributed by atoms with van der Waals surface area (Å²) in [7, 11) is 0. The van der Waals surface area contributed by atoms with Crippen LogP contribution < -0.4 is 15.6 Å². The normalized spacial score (nSPS) is 11.5. The number of nitrogens with zero attached hydrogens (tertiary/aromatic N) is 2. The number of aryl methyl sites for hydroxylation is 1. The monoisotopic (exact) mass is 518 g/mol. The number of aromatic nitrogens is 3. The third-order valence-electron chi connectivity index (χ3n) is 6.02. The quantitative estimate of drug-likeness (QED) is 0.293. The van der Waals surface area contributed by atoms with Crippen molar-refractivity contribution in [1.82, 2.24) is 14.8 Å². The largest absolute Gasteiger partial charge is 0.573 e. The smallest absolute Gasteiger partial charge is 0.404 e. The van der Waals surface area contributed by atoms with E-state index in [9.17, 15) is 22.8 Å². The molecule has 0 aliphatic carbocycles. The minimum atomic E-state index is -4.90. The predicted octanol–water partition coefficient (Wildman–Crippen LogP) is 5.90. The van der Waals surface area contributed by atoms with Gasteiger partial charge in [-0.1, -0.05) is 30.3 Å². The molecule has 0 aliphatic heterocycles. The maximum Gasteiger partial charge on any atom is 0.573 e. The van der Waals surface area contributed by atoms with E-state index in [4.69, 9.17) is 0 Å². The highest BCUT2D eigenvalue weighted by molar-refractivity contribution is 6.05. The number of nitrogens with one attached hydrogen (secondary N) is 2. The second-order valence-electron chi connectivity index (χ2n) is 8.63. The van der Waals surface area contributed by atoms with Crippen molar-refractivity contribution in [1.29, 1.82) is 0 Å². The van der Waals surface area contributed by atoms with Gasteiger partial charge in [0.25, 0.3) is 11.5 Å². The number of carbonyl (C=O) groups is 1. The zero-order chi connectivity index (χ0) is 26.9. The lowest BCUT2D eigenvalue weighted by Gasteiger charge is -2.14. The van der Waals surface area contributed by atoms with Gasteiger partial charge in [0.1, 0.15) is 0 Å². The number of hydrogen-bond acceptors (Lipinski definition) is 4. The Kier molecular flexibility index (Phi) is 6.46. The molecule has 0 saturated carbocycles. The molecule has 2 heterocycles. The minimum absolute atomic E-state index is 0.115. The molecule has 10 heteroatoms. The van der Waals surface area contributed by atoms with E-state index in [-0.39, 0.29) is 23.4 Å². The Morgan fingerprint density at radius 3 is 2.63 bits per heavy atom. The number of H-pyrrole nitrogens is 1. The summed E-state index contributed by atoms with van der Waals surface area (Å²) in [6.45, 7) is 2.10. The molecule has 2 aromatic heterocycles. The SMILES string of the molecule is Cc1n[nH]cc1-c1ccc2c(=O)n(Cc3cccc(C(=O)Nc4ccccc4OC(F)(F)F)c3)ccc2c1. The van der Waals surface area contributed by atoms with E-state index in [0.29, 0.717) is 10.9 Å². The Labute approximate surface area is 214 Å². The summed E-state index contributed by atoms with van der Waals surface area (Å²) in [5.41, 5.74) is 3.35. The molecule has 1 amide bonds. The van der Waals surface area contributed by atoms with E-state index >= 15 is 0 Å². The summed E-state index contributed by atoms with van der Waals surface area (Å²) in [6.07, 6.45) is -1.40. The number of ether oxygens (including phenoxy) is 1. The lowest BCUT2D eigenvalue weighted by molar-refractivity contribution is -0.274. The second-order valence-corrected chi connectivity index (χ2v) is 8.63. The number of fused-ring (bicyclic) bond motifs is 1. The molecule has 3 aromatic carbocycles. The molecule has 0 atom stereocenters. The fourth-order valence-electron chi connectivity index (χ4n) is 4.22. The number of aromatic amines is 1. The number of amides is 1. The molecule has 0 aliphatic rings. The lowest BCUT2D eigenvalue weighted by Crippen LogP contribution is -2.21. The first kappa shape index (κ1) is 24.8. The fourth-order valence-corrected chi connectivity index (χ4v) is 4.22. The van der Waals surface area contributed by atoms with Gasteiger partial charge in [-0.2, -0.15) is 5.10 Å². The predicted molar refractivity (Wildman–Crippen MR) is 137 cm³/mol. The van der Waals surface area contributed by atoms with Crippen molar-refractivity contribution in [3.8, 4) is 16.9 Å². The number of carbonyl (C=O) groups excluding carboxylic acids is 1. The van der Waals surface area contributed by atoms with Crippen LogP contribution in [0.3, 0.4) is 0 Å². The van der Waals surface area contributed by atoms with Crippen LogP contribution in [0.2, 0.25) is 0 Å². The zero-order valence-electron chi connectivity index (χ0n) is 20.0. The van der Waals surface area contributed by atoms with Crippen molar-refractivity contribution in [2.75, 3.05) is 5.32 Å². The van der Waals surface area contributed by atoms with Gasteiger partial charge in [-0.15, -0.1) is 13.2 Å². The van der Waals surface area contributed by atoms with Crippen LogP contribution in [-0.4, -0.2) is 27.0 Å². The van der Waals surface area contributed by atoms with Gasteiger partial charge < -0.3 is 14.6 Å². The molecule has 0 fully saturated rings. The molecule has 2 N–H and O–H groups in total. The molecule has 0 unspecified atom stereocenters. The molecule has 0 saturated heterocycles. The first-order valence-corrected chi connectivity index (χ1v) is 11.6. The number of benzene rings is 3. The van der Waals surface area contributed by atoms with E-state index in [1.165, 1.54) is 28.8 Å². The van der Waals surface area contributed by atoms with E-state index < -0.39 is 18.0 Å². The average molecular weight is 518 g/mol. The maximum absolute atomic E-state index is 13.2. The topological polar surface area (TPSA) is 89.0 Å². The first-order valence-electron chi connectivity index (χ1n) is 11.6. The zero-order valence-corrected chi connectivity index (χ0v) is 20.0. The van der Waals surface area contributed by atoms with Gasteiger partial charge in [-0.3, -0.25) is 14.7 Å². The molecule has 5 aromatic rings. The van der Waals surface area contributed by atoms with E-state index in [2.05, 4.69) is 20.3 Å². The number of rotatable bonds is 6. The van der Waals surface area contributed by atoms with Crippen LogP contribution >= 0.6 is 0 Å². The van der Waals surface area contributed by atoms with Crippen LogP contribution in [-0.2, 0) is 6.54 Å². The molecule has 0 bridgehead atoms. The van der Waals surface area contributed by atoms with Crippen molar-refractivity contribution in [2.24, 2.45) is 0 Å². The number of alkyl halides is 3. The summed E-state index contributed by atoms with van der Waals surface area (Å²) in [4.78, 5) is 26.0. The molecule has 0 radical (unpaired) electrons. The van der Waals surface area contributed by atoms with Crippen LogP contribution in [0.15, 0.2) is 90.0 Å². The summed E-state index contributed by atoms with van der Waals surface area (Å²) >= 11 is 0.